The molecule has 0 aliphatic carbocycles. The van der Waals surface area contributed by atoms with E-state index in [2.05, 4.69) is 6.58 Å². The molecule has 2 aliphatic heterocycles. The molecule has 4 heteroatoms. The second-order valence-electron chi connectivity index (χ2n) is 6.15. The van der Waals surface area contributed by atoms with Crippen LogP contribution in [-0.4, -0.2) is 35.0 Å². The third kappa shape index (κ3) is 2.78. The van der Waals surface area contributed by atoms with Crippen LogP contribution in [0.1, 0.15) is 38.2 Å². The standard InChI is InChI=1S/C18H21NO3/c1-12(14-6-4-3-5-7-14)18(21)22-17-10-15-8-9-16(11-17)19(15)13(2)20/h3-7,15-17H,1,8-11H2,2H3. The third-order valence-corrected chi connectivity index (χ3v) is 4.70. The van der Waals surface area contributed by atoms with Crippen LogP contribution < -0.4 is 0 Å². The number of carbonyl (C=O) groups is 2. The average Bonchev–Trinajstić information content (AvgIpc) is 2.79. The molecule has 2 fully saturated rings. The molecule has 0 aromatic heterocycles. The molecule has 3 rings (SSSR count). The highest BCUT2D eigenvalue weighted by Gasteiger charge is 2.43. The molecule has 116 valence electrons. The van der Waals surface area contributed by atoms with Crippen LogP contribution in [0.25, 0.3) is 5.57 Å². The van der Waals surface area contributed by atoms with Gasteiger partial charge in [-0.25, -0.2) is 4.79 Å². The predicted octanol–water partition coefficient (Wildman–Crippen LogP) is 2.78. The quantitative estimate of drug-likeness (QED) is 0.637. The lowest BCUT2D eigenvalue weighted by molar-refractivity contribution is -0.147. The number of nitrogens with zero attached hydrogens (tertiary/aromatic N) is 1. The number of benzene rings is 1. The molecule has 2 atom stereocenters. The largest absolute Gasteiger partial charge is 0.459 e. The highest BCUT2D eigenvalue weighted by molar-refractivity contribution is 6.15. The van der Waals surface area contributed by atoms with Crippen LogP contribution in [0.15, 0.2) is 36.9 Å². The number of amides is 1. The molecule has 0 N–H and O–H groups in total. The van der Waals surface area contributed by atoms with Gasteiger partial charge in [-0.1, -0.05) is 36.9 Å². The van der Waals surface area contributed by atoms with Crippen LogP contribution in [0.2, 0.25) is 0 Å². The van der Waals surface area contributed by atoms with Crippen molar-refractivity contribution in [3.8, 4) is 0 Å². The Morgan fingerprint density at radius 3 is 2.27 bits per heavy atom. The van der Waals surface area contributed by atoms with E-state index in [-0.39, 0.29) is 30.1 Å². The SMILES string of the molecule is C=C(C(=O)OC1CC2CCC(C1)N2C(C)=O)c1ccccc1. The van der Waals surface area contributed by atoms with E-state index in [9.17, 15) is 9.59 Å². The van der Waals surface area contributed by atoms with Gasteiger partial charge in [0.1, 0.15) is 6.10 Å². The first-order valence-corrected chi connectivity index (χ1v) is 7.80. The van der Waals surface area contributed by atoms with Crippen LogP contribution in [0.5, 0.6) is 0 Å². The van der Waals surface area contributed by atoms with Crippen molar-refractivity contribution in [1.82, 2.24) is 4.90 Å². The number of piperidine rings is 1. The number of carbonyl (C=O) groups excluding carboxylic acids is 2. The molecule has 4 nitrogen and oxygen atoms in total. The molecule has 2 bridgehead atoms. The van der Waals surface area contributed by atoms with Gasteiger partial charge in [0.15, 0.2) is 0 Å². The number of rotatable bonds is 3. The minimum absolute atomic E-state index is 0.110. The maximum atomic E-state index is 12.3. The second-order valence-corrected chi connectivity index (χ2v) is 6.15. The smallest absolute Gasteiger partial charge is 0.338 e. The Morgan fingerprint density at radius 2 is 1.73 bits per heavy atom. The first kappa shape index (κ1) is 14.8. The van der Waals surface area contributed by atoms with Gasteiger partial charge in [-0.15, -0.1) is 0 Å². The predicted molar refractivity (Wildman–Crippen MR) is 83.9 cm³/mol. The van der Waals surface area contributed by atoms with Gasteiger partial charge in [-0.2, -0.15) is 0 Å². The van der Waals surface area contributed by atoms with Crippen LogP contribution in [0, 0.1) is 0 Å². The molecule has 22 heavy (non-hydrogen) atoms. The van der Waals surface area contributed by atoms with Gasteiger partial charge in [0.05, 0.1) is 5.57 Å². The number of ether oxygens (including phenoxy) is 1. The normalized spacial score (nSPS) is 26.6. The lowest BCUT2D eigenvalue weighted by atomic mass is 9.99. The Hall–Kier alpha value is -2.10. The Balaban J connectivity index is 1.62. The molecular formula is C18H21NO3. The van der Waals surface area contributed by atoms with E-state index in [1.807, 2.05) is 35.2 Å². The lowest BCUT2D eigenvalue weighted by Gasteiger charge is -2.38. The summed E-state index contributed by atoms with van der Waals surface area (Å²) in [5.74, 6) is -0.224. The summed E-state index contributed by atoms with van der Waals surface area (Å²) in [6, 6.07) is 9.80. The zero-order valence-electron chi connectivity index (χ0n) is 12.8. The van der Waals surface area contributed by atoms with Gasteiger partial charge >= 0.3 is 5.97 Å². The molecule has 2 heterocycles. The first-order valence-electron chi connectivity index (χ1n) is 7.80. The van der Waals surface area contributed by atoms with Crippen molar-refractivity contribution in [2.75, 3.05) is 0 Å². The molecule has 1 aromatic rings. The average molecular weight is 299 g/mol. The van der Waals surface area contributed by atoms with Crippen molar-refractivity contribution >= 4 is 17.4 Å². The van der Waals surface area contributed by atoms with Crippen molar-refractivity contribution in [2.45, 2.75) is 50.8 Å². The molecular weight excluding hydrogens is 278 g/mol. The van der Waals surface area contributed by atoms with E-state index in [1.165, 1.54) is 0 Å². The molecule has 2 unspecified atom stereocenters. The van der Waals surface area contributed by atoms with Crippen LogP contribution >= 0.6 is 0 Å². The second kappa shape index (κ2) is 5.95. The Bertz CT molecular complexity index is 582. The van der Waals surface area contributed by atoms with Gasteiger partial charge in [-0.05, 0) is 18.4 Å². The summed E-state index contributed by atoms with van der Waals surface area (Å²) >= 11 is 0. The molecule has 2 saturated heterocycles. The summed E-state index contributed by atoms with van der Waals surface area (Å²) in [6.45, 7) is 5.47. The maximum absolute atomic E-state index is 12.3. The summed E-state index contributed by atoms with van der Waals surface area (Å²) in [4.78, 5) is 25.9. The van der Waals surface area contributed by atoms with E-state index in [0.29, 0.717) is 5.57 Å². The Morgan fingerprint density at radius 1 is 1.14 bits per heavy atom. The summed E-state index contributed by atoms with van der Waals surface area (Å²) in [6.07, 6.45) is 3.39. The Kier molecular flexibility index (Phi) is 4.01. The fourth-order valence-corrected chi connectivity index (χ4v) is 3.72. The van der Waals surface area contributed by atoms with E-state index in [0.717, 1.165) is 31.2 Å². The minimum atomic E-state index is -0.355. The number of esters is 1. The van der Waals surface area contributed by atoms with E-state index < -0.39 is 0 Å². The zero-order valence-corrected chi connectivity index (χ0v) is 12.8. The van der Waals surface area contributed by atoms with E-state index in [4.69, 9.17) is 4.74 Å². The van der Waals surface area contributed by atoms with Crippen molar-refractivity contribution in [3.63, 3.8) is 0 Å². The molecule has 0 saturated carbocycles. The van der Waals surface area contributed by atoms with Crippen molar-refractivity contribution in [1.29, 1.82) is 0 Å². The van der Waals surface area contributed by atoms with Crippen LogP contribution in [0.4, 0.5) is 0 Å². The van der Waals surface area contributed by atoms with Crippen molar-refractivity contribution in [2.24, 2.45) is 0 Å². The van der Waals surface area contributed by atoms with Crippen molar-refractivity contribution < 1.29 is 14.3 Å². The van der Waals surface area contributed by atoms with Crippen LogP contribution in [-0.2, 0) is 14.3 Å². The summed E-state index contributed by atoms with van der Waals surface area (Å²) in [5, 5.41) is 0. The summed E-state index contributed by atoms with van der Waals surface area (Å²) in [7, 11) is 0. The number of fused-ring (bicyclic) bond motifs is 2. The summed E-state index contributed by atoms with van der Waals surface area (Å²) < 4.78 is 5.64. The maximum Gasteiger partial charge on any atom is 0.338 e. The highest BCUT2D eigenvalue weighted by atomic mass is 16.5. The van der Waals surface area contributed by atoms with E-state index in [1.54, 1.807) is 6.92 Å². The minimum Gasteiger partial charge on any atom is -0.459 e. The Labute approximate surface area is 130 Å². The van der Waals surface area contributed by atoms with Gasteiger partial charge in [0.25, 0.3) is 0 Å². The topological polar surface area (TPSA) is 46.6 Å². The molecule has 1 amide bonds. The van der Waals surface area contributed by atoms with Gasteiger partial charge in [0, 0.05) is 31.8 Å². The number of hydrogen-bond donors (Lipinski definition) is 0. The molecule has 2 aliphatic rings. The van der Waals surface area contributed by atoms with Crippen molar-refractivity contribution in [3.05, 3.63) is 42.5 Å². The first-order chi connectivity index (χ1) is 10.6. The lowest BCUT2D eigenvalue weighted by Crippen LogP contribution is -2.48. The fourth-order valence-electron chi connectivity index (χ4n) is 3.72. The molecule has 0 spiro atoms. The highest BCUT2D eigenvalue weighted by Crippen LogP contribution is 2.37. The van der Waals surface area contributed by atoms with Gasteiger partial charge in [-0.3, -0.25) is 4.79 Å². The van der Waals surface area contributed by atoms with E-state index >= 15 is 0 Å². The fraction of sp³-hybridized carbons (Fsp3) is 0.444. The number of hydrogen-bond acceptors (Lipinski definition) is 3. The molecule has 1 aromatic carbocycles. The zero-order chi connectivity index (χ0) is 15.7. The summed E-state index contributed by atoms with van der Waals surface area (Å²) in [5.41, 5.74) is 1.18. The monoisotopic (exact) mass is 299 g/mol. The van der Waals surface area contributed by atoms with Gasteiger partial charge in [0.2, 0.25) is 5.91 Å². The molecule has 0 radical (unpaired) electrons. The van der Waals surface area contributed by atoms with Gasteiger partial charge < -0.3 is 9.64 Å². The van der Waals surface area contributed by atoms with Crippen LogP contribution in [0.3, 0.4) is 0 Å². The third-order valence-electron chi connectivity index (χ3n) is 4.70.